The lowest BCUT2D eigenvalue weighted by molar-refractivity contribution is -0.136. The number of aromatic nitrogens is 2. The van der Waals surface area contributed by atoms with Gasteiger partial charge in [-0.15, -0.1) is 0 Å². The third-order valence-electron chi connectivity index (χ3n) is 3.20. The van der Waals surface area contributed by atoms with Crippen molar-refractivity contribution in [3.8, 4) is 0 Å². The molecular weight excluding hydrogens is 308 g/mol. The second-order valence-electron chi connectivity index (χ2n) is 4.82. The Kier molecular flexibility index (Phi) is 4.87. The van der Waals surface area contributed by atoms with Gasteiger partial charge in [-0.05, 0) is 13.0 Å². The molecule has 2 amide bonds. The number of hydrogen-bond acceptors (Lipinski definition) is 4. The number of carbonyl (C=O) groups excluding carboxylic acids is 2. The van der Waals surface area contributed by atoms with Crippen LogP contribution in [0.4, 0.5) is 5.69 Å². The lowest BCUT2D eigenvalue weighted by Gasteiger charge is -2.07. The minimum absolute atomic E-state index is 0.207. The van der Waals surface area contributed by atoms with E-state index >= 15 is 0 Å². The molecule has 0 saturated heterocycles. The Balaban J connectivity index is 1.96. The van der Waals surface area contributed by atoms with Gasteiger partial charge in [0.1, 0.15) is 11.4 Å². The summed E-state index contributed by atoms with van der Waals surface area (Å²) in [7, 11) is 1.81. The van der Waals surface area contributed by atoms with Crippen LogP contribution in [0, 0.1) is 6.92 Å². The molecule has 0 unspecified atom stereocenters. The topological polar surface area (TPSA) is 89.2 Å². The zero-order valence-corrected chi connectivity index (χ0v) is 13.3. The van der Waals surface area contributed by atoms with Crippen molar-refractivity contribution in [2.45, 2.75) is 26.8 Å². The summed E-state index contributed by atoms with van der Waals surface area (Å²) >= 11 is 5.86. The van der Waals surface area contributed by atoms with Gasteiger partial charge in [0.05, 0.1) is 11.6 Å². The van der Waals surface area contributed by atoms with E-state index in [-0.39, 0.29) is 6.54 Å². The first kappa shape index (κ1) is 16.1. The zero-order chi connectivity index (χ0) is 16.3. The highest BCUT2D eigenvalue weighted by atomic mass is 35.5. The molecule has 0 saturated carbocycles. The molecular formula is C14H17ClN4O3. The quantitative estimate of drug-likeness (QED) is 0.839. The van der Waals surface area contributed by atoms with Crippen LogP contribution in [0.15, 0.2) is 16.8 Å². The first-order valence-electron chi connectivity index (χ1n) is 6.77. The summed E-state index contributed by atoms with van der Waals surface area (Å²) in [6, 6.07) is 1.72. The summed E-state index contributed by atoms with van der Waals surface area (Å²) in [5.41, 5.74) is 1.78. The number of anilines is 1. The summed E-state index contributed by atoms with van der Waals surface area (Å²) in [4.78, 5) is 23.8. The predicted octanol–water partition coefficient (Wildman–Crippen LogP) is 1.79. The van der Waals surface area contributed by atoms with E-state index in [1.54, 1.807) is 23.8 Å². The van der Waals surface area contributed by atoms with Crippen LogP contribution in [0.1, 0.15) is 24.1 Å². The summed E-state index contributed by atoms with van der Waals surface area (Å²) in [6.07, 6.45) is 2.29. The van der Waals surface area contributed by atoms with Crippen molar-refractivity contribution in [3.63, 3.8) is 0 Å². The van der Waals surface area contributed by atoms with Crippen molar-refractivity contribution in [3.05, 3.63) is 34.4 Å². The molecule has 0 aliphatic heterocycles. The molecule has 0 atom stereocenters. The Morgan fingerprint density at radius 1 is 1.41 bits per heavy atom. The van der Waals surface area contributed by atoms with E-state index in [1.165, 1.54) is 0 Å². The van der Waals surface area contributed by atoms with Crippen molar-refractivity contribution in [1.82, 2.24) is 15.0 Å². The standard InChI is InChI=1S/C14H17ClN4O3/c1-4-11-12(8(2)18-22-11)17-14(21)13(20)16-6-10-5-9(15)7-19(10)3/h5,7H,4,6H2,1-3H3,(H,16,20)(H,17,21). The number of aryl methyl sites for hydroxylation is 3. The van der Waals surface area contributed by atoms with Crippen LogP contribution in [0.3, 0.4) is 0 Å². The van der Waals surface area contributed by atoms with Gasteiger partial charge >= 0.3 is 11.8 Å². The summed E-state index contributed by atoms with van der Waals surface area (Å²) < 4.78 is 6.84. The van der Waals surface area contributed by atoms with E-state index in [9.17, 15) is 9.59 Å². The van der Waals surface area contributed by atoms with Crippen LogP contribution in [0.25, 0.3) is 0 Å². The van der Waals surface area contributed by atoms with Crippen molar-refractivity contribution >= 4 is 29.1 Å². The highest BCUT2D eigenvalue weighted by Crippen LogP contribution is 2.20. The molecule has 2 aromatic rings. The second-order valence-corrected chi connectivity index (χ2v) is 5.25. The normalized spacial score (nSPS) is 10.5. The largest absolute Gasteiger partial charge is 0.359 e. The van der Waals surface area contributed by atoms with Gasteiger partial charge in [-0.2, -0.15) is 0 Å². The molecule has 0 bridgehead atoms. The Bertz CT molecular complexity index is 705. The van der Waals surface area contributed by atoms with E-state index in [0.717, 1.165) is 5.69 Å². The number of rotatable bonds is 4. The van der Waals surface area contributed by atoms with Gasteiger partial charge in [0.15, 0.2) is 5.76 Å². The molecule has 8 heteroatoms. The fourth-order valence-corrected chi connectivity index (χ4v) is 2.25. The first-order chi connectivity index (χ1) is 10.4. The predicted molar refractivity (Wildman–Crippen MR) is 81.5 cm³/mol. The number of halogens is 1. The first-order valence-corrected chi connectivity index (χ1v) is 7.15. The molecule has 0 radical (unpaired) electrons. The number of carbonyl (C=O) groups is 2. The van der Waals surface area contributed by atoms with E-state index in [0.29, 0.717) is 28.6 Å². The van der Waals surface area contributed by atoms with Crippen molar-refractivity contribution in [2.24, 2.45) is 7.05 Å². The van der Waals surface area contributed by atoms with Crippen LogP contribution in [-0.2, 0) is 29.6 Å². The third-order valence-corrected chi connectivity index (χ3v) is 3.41. The molecule has 118 valence electrons. The maximum atomic E-state index is 11.9. The molecule has 0 aliphatic rings. The summed E-state index contributed by atoms with van der Waals surface area (Å²) in [5.74, 6) is -0.964. The van der Waals surface area contributed by atoms with Crippen molar-refractivity contribution in [2.75, 3.05) is 5.32 Å². The average molecular weight is 325 g/mol. The highest BCUT2D eigenvalue weighted by Gasteiger charge is 2.19. The Morgan fingerprint density at radius 2 is 2.14 bits per heavy atom. The van der Waals surface area contributed by atoms with E-state index in [2.05, 4.69) is 15.8 Å². The van der Waals surface area contributed by atoms with Crippen molar-refractivity contribution < 1.29 is 14.1 Å². The van der Waals surface area contributed by atoms with Gasteiger partial charge < -0.3 is 19.7 Å². The van der Waals surface area contributed by atoms with Gasteiger partial charge in [0.2, 0.25) is 0 Å². The minimum Gasteiger partial charge on any atom is -0.359 e. The second kappa shape index (κ2) is 6.65. The van der Waals surface area contributed by atoms with Gasteiger partial charge in [-0.1, -0.05) is 23.7 Å². The maximum absolute atomic E-state index is 11.9. The molecule has 2 rings (SSSR count). The van der Waals surface area contributed by atoms with Crippen LogP contribution < -0.4 is 10.6 Å². The average Bonchev–Trinajstić information content (AvgIpc) is 2.99. The summed E-state index contributed by atoms with van der Waals surface area (Å²) in [6.45, 7) is 3.77. The third kappa shape index (κ3) is 3.48. The van der Waals surface area contributed by atoms with Crippen molar-refractivity contribution in [1.29, 1.82) is 0 Å². The smallest absolute Gasteiger partial charge is 0.313 e. The minimum atomic E-state index is -0.763. The monoisotopic (exact) mass is 324 g/mol. The van der Waals surface area contributed by atoms with Crippen LogP contribution in [-0.4, -0.2) is 21.5 Å². The van der Waals surface area contributed by atoms with Crippen LogP contribution >= 0.6 is 11.6 Å². The lowest BCUT2D eigenvalue weighted by Crippen LogP contribution is -2.35. The highest BCUT2D eigenvalue weighted by molar-refractivity contribution is 6.39. The molecule has 0 aliphatic carbocycles. The number of amides is 2. The molecule has 2 aromatic heterocycles. The molecule has 0 spiro atoms. The van der Waals surface area contributed by atoms with Gasteiger partial charge in [0.25, 0.3) is 0 Å². The van der Waals surface area contributed by atoms with Crippen LogP contribution in [0.2, 0.25) is 5.02 Å². The molecule has 0 fully saturated rings. The van der Waals surface area contributed by atoms with Gasteiger partial charge in [-0.25, -0.2) is 0 Å². The van der Waals surface area contributed by atoms with Gasteiger partial charge in [0, 0.05) is 25.4 Å². The Morgan fingerprint density at radius 3 is 2.73 bits per heavy atom. The van der Waals surface area contributed by atoms with E-state index < -0.39 is 11.8 Å². The SMILES string of the molecule is CCc1onc(C)c1NC(=O)C(=O)NCc1cc(Cl)cn1C. The molecule has 7 nitrogen and oxygen atoms in total. The molecule has 22 heavy (non-hydrogen) atoms. The van der Waals surface area contributed by atoms with Gasteiger partial charge in [-0.3, -0.25) is 9.59 Å². The van der Waals surface area contributed by atoms with E-state index in [4.69, 9.17) is 16.1 Å². The number of hydrogen-bond donors (Lipinski definition) is 2. The molecule has 2 N–H and O–H groups in total. The van der Waals surface area contributed by atoms with E-state index in [1.807, 2.05) is 14.0 Å². The number of nitrogens with zero attached hydrogens (tertiary/aromatic N) is 2. The fourth-order valence-electron chi connectivity index (χ4n) is 1.98. The summed E-state index contributed by atoms with van der Waals surface area (Å²) in [5, 5.41) is 9.41. The fraction of sp³-hybridized carbons (Fsp3) is 0.357. The Labute approximate surface area is 132 Å². The number of nitrogens with one attached hydrogen (secondary N) is 2. The Hall–Kier alpha value is -2.28. The lowest BCUT2D eigenvalue weighted by atomic mass is 10.2. The maximum Gasteiger partial charge on any atom is 0.313 e. The molecule has 0 aromatic carbocycles. The molecule has 2 heterocycles. The van der Waals surface area contributed by atoms with Crippen LogP contribution in [0.5, 0.6) is 0 Å². The zero-order valence-electron chi connectivity index (χ0n) is 12.6.